The number of fused-ring (bicyclic) bond motifs is 1. The molecule has 1 aliphatic heterocycles. The van der Waals surface area contributed by atoms with Crippen molar-refractivity contribution in [1.82, 2.24) is 5.32 Å². The van der Waals surface area contributed by atoms with Crippen molar-refractivity contribution in [2.24, 2.45) is 0 Å². The topological polar surface area (TPSA) is 21.3 Å². The van der Waals surface area contributed by atoms with Crippen molar-refractivity contribution in [3.8, 4) is 0 Å². The second kappa shape index (κ2) is 6.73. The van der Waals surface area contributed by atoms with Gasteiger partial charge in [0.05, 0.1) is 19.3 Å². The molecule has 0 saturated heterocycles. The van der Waals surface area contributed by atoms with E-state index < -0.39 is 0 Å². The van der Waals surface area contributed by atoms with Crippen LogP contribution in [0.5, 0.6) is 0 Å². The molecular weight excluding hydrogens is 326 g/mol. The van der Waals surface area contributed by atoms with E-state index in [-0.39, 0.29) is 6.04 Å². The molecule has 110 valence electrons. The first-order valence-corrected chi connectivity index (χ1v) is 8.25. The van der Waals surface area contributed by atoms with Gasteiger partial charge in [-0.25, -0.2) is 0 Å². The number of benzene rings is 2. The van der Waals surface area contributed by atoms with Crippen molar-refractivity contribution in [3.63, 3.8) is 0 Å². The third-order valence-corrected chi connectivity index (χ3v) is 4.35. The van der Waals surface area contributed by atoms with Gasteiger partial charge in [-0.2, -0.15) is 0 Å². The zero-order valence-electron chi connectivity index (χ0n) is 12.2. The van der Waals surface area contributed by atoms with E-state index >= 15 is 0 Å². The Labute approximate surface area is 134 Å². The van der Waals surface area contributed by atoms with Gasteiger partial charge in [-0.1, -0.05) is 53.2 Å². The summed E-state index contributed by atoms with van der Waals surface area (Å²) >= 11 is 3.57. The lowest BCUT2D eigenvalue weighted by molar-refractivity contribution is 0.134. The van der Waals surface area contributed by atoms with E-state index in [2.05, 4.69) is 70.6 Å². The summed E-state index contributed by atoms with van der Waals surface area (Å²) in [6, 6.07) is 15.5. The molecule has 0 aromatic heterocycles. The van der Waals surface area contributed by atoms with E-state index in [1.807, 2.05) is 0 Å². The highest BCUT2D eigenvalue weighted by atomic mass is 79.9. The summed E-state index contributed by atoms with van der Waals surface area (Å²) in [5.74, 6) is 0. The molecule has 2 nitrogen and oxygen atoms in total. The average Bonchev–Trinajstić information content (AvgIpc) is 2.95. The summed E-state index contributed by atoms with van der Waals surface area (Å²) in [7, 11) is 0. The number of ether oxygens (including phenoxy) is 1. The monoisotopic (exact) mass is 345 g/mol. The van der Waals surface area contributed by atoms with Crippen LogP contribution in [0.25, 0.3) is 0 Å². The van der Waals surface area contributed by atoms with Crippen molar-refractivity contribution in [1.29, 1.82) is 0 Å². The largest absolute Gasteiger partial charge is 0.372 e. The molecule has 0 fully saturated rings. The predicted molar refractivity (Wildman–Crippen MR) is 89.2 cm³/mol. The maximum absolute atomic E-state index is 5.53. The molecular formula is C18H20BrNO. The molecule has 3 rings (SSSR count). The average molecular weight is 346 g/mol. The van der Waals surface area contributed by atoms with Crippen LogP contribution in [-0.2, 0) is 18.0 Å². The van der Waals surface area contributed by atoms with Crippen LogP contribution in [0, 0.1) is 0 Å². The molecule has 1 atom stereocenters. The van der Waals surface area contributed by atoms with Crippen LogP contribution >= 0.6 is 15.9 Å². The van der Waals surface area contributed by atoms with E-state index in [9.17, 15) is 0 Å². The van der Waals surface area contributed by atoms with Crippen LogP contribution in [0.15, 0.2) is 46.9 Å². The summed E-state index contributed by atoms with van der Waals surface area (Å²) in [5, 5.41) is 3.66. The summed E-state index contributed by atoms with van der Waals surface area (Å²) in [5.41, 5.74) is 5.25. The Balaban J connectivity index is 1.95. The van der Waals surface area contributed by atoms with Crippen molar-refractivity contribution in [3.05, 3.63) is 69.2 Å². The van der Waals surface area contributed by atoms with Crippen molar-refractivity contribution in [2.45, 2.75) is 32.6 Å². The van der Waals surface area contributed by atoms with Crippen molar-refractivity contribution in [2.75, 3.05) is 6.54 Å². The van der Waals surface area contributed by atoms with Gasteiger partial charge in [0.25, 0.3) is 0 Å². The molecule has 0 saturated carbocycles. The number of hydrogen-bond acceptors (Lipinski definition) is 2. The number of rotatable bonds is 5. The number of hydrogen-bond donors (Lipinski definition) is 1. The Kier molecular flexibility index (Phi) is 4.73. The number of halogens is 1. The molecule has 1 unspecified atom stereocenters. The molecule has 1 heterocycles. The van der Waals surface area contributed by atoms with Gasteiger partial charge in [-0.05, 0) is 47.4 Å². The minimum absolute atomic E-state index is 0.230. The summed E-state index contributed by atoms with van der Waals surface area (Å²) in [4.78, 5) is 0. The normalized spacial score (nSPS) is 15.0. The van der Waals surface area contributed by atoms with Gasteiger partial charge in [0.2, 0.25) is 0 Å². The molecule has 1 N–H and O–H groups in total. The second-order valence-electron chi connectivity index (χ2n) is 5.46. The fourth-order valence-electron chi connectivity index (χ4n) is 2.77. The van der Waals surface area contributed by atoms with Crippen LogP contribution in [-0.4, -0.2) is 6.54 Å². The first-order chi connectivity index (χ1) is 10.3. The van der Waals surface area contributed by atoms with Gasteiger partial charge in [0.1, 0.15) is 0 Å². The standard InChI is InChI=1S/C18H20BrNO/c1-2-8-20-18(13-4-3-5-17(19)10-13)14-6-7-15-11-21-12-16(15)9-14/h3-7,9-10,18,20H,2,8,11-12H2,1H3. The Morgan fingerprint density at radius 1 is 1.10 bits per heavy atom. The van der Waals surface area contributed by atoms with Crippen molar-refractivity contribution >= 4 is 15.9 Å². The lowest BCUT2D eigenvalue weighted by Crippen LogP contribution is -2.23. The van der Waals surface area contributed by atoms with Gasteiger partial charge in [-0.15, -0.1) is 0 Å². The molecule has 0 amide bonds. The fraction of sp³-hybridized carbons (Fsp3) is 0.333. The van der Waals surface area contributed by atoms with E-state index in [1.54, 1.807) is 0 Å². The highest BCUT2D eigenvalue weighted by Gasteiger charge is 2.17. The lowest BCUT2D eigenvalue weighted by Gasteiger charge is -2.20. The quantitative estimate of drug-likeness (QED) is 0.856. The maximum atomic E-state index is 5.53. The van der Waals surface area contributed by atoms with Crippen LogP contribution in [0.3, 0.4) is 0 Å². The number of nitrogens with one attached hydrogen (secondary N) is 1. The van der Waals surface area contributed by atoms with E-state index in [4.69, 9.17) is 4.74 Å². The summed E-state index contributed by atoms with van der Waals surface area (Å²) in [6.07, 6.45) is 1.12. The molecule has 0 bridgehead atoms. The van der Waals surface area contributed by atoms with Gasteiger partial charge in [-0.3, -0.25) is 0 Å². The minimum atomic E-state index is 0.230. The fourth-order valence-corrected chi connectivity index (χ4v) is 3.19. The molecule has 2 aromatic rings. The van der Waals surface area contributed by atoms with Crippen LogP contribution in [0.1, 0.15) is 41.6 Å². The van der Waals surface area contributed by atoms with Crippen LogP contribution in [0.4, 0.5) is 0 Å². The molecule has 1 aliphatic rings. The smallest absolute Gasteiger partial charge is 0.0725 e. The Hall–Kier alpha value is -1.16. The van der Waals surface area contributed by atoms with Crippen LogP contribution in [0.2, 0.25) is 0 Å². The van der Waals surface area contributed by atoms with Crippen molar-refractivity contribution < 1.29 is 4.74 Å². The zero-order chi connectivity index (χ0) is 14.7. The van der Waals surface area contributed by atoms with E-state index in [1.165, 1.54) is 22.3 Å². The first kappa shape index (κ1) is 14.8. The first-order valence-electron chi connectivity index (χ1n) is 7.46. The predicted octanol–water partition coefficient (Wildman–Crippen LogP) is 4.57. The molecule has 21 heavy (non-hydrogen) atoms. The minimum Gasteiger partial charge on any atom is -0.372 e. The maximum Gasteiger partial charge on any atom is 0.0725 e. The van der Waals surface area contributed by atoms with E-state index in [0.717, 1.165) is 30.7 Å². The molecule has 0 aliphatic carbocycles. The molecule has 2 aromatic carbocycles. The third kappa shape index (κ3) is 3.37. The summed E-state index contributed by atoms with van der Waals surface area (Å²) in [6.45, 7) is 4.69. The SMILES string of the molecule is CCCNC(c1cccc(Br)c1)c1ccc2c(c1)COC2. The van der Waals surface area contributed by atoms with Gasteiger partial charge in [0, 0.05) is 4.47 Å². The van der Waals surface area contributed by atoms with Gasteiger partial charge in [0.15, 0.2) is 0 Å². The second-order valence-corrected chi connectivity index (χ2v) is 6.38. The Bertz CT molecular complexity index is 626. The lowest BCUT2D eigenvalue weighted by atomic mass is 9.95. The third-order valence-electron chi connectivity index (χ3n) is 3.86. The highest BCUT2D eigenvalue weighted by molar-refractivity contribution is 9.10. The molecule has 0 radical (unpaired) electrons. The van der Waals surface area contributed by atoms with E-state index in [0.29, 0.717) is 0 Å². The summed E-state index contributed by atoms with van der Waals surface area (Å²) < 4.78 is 6.65. The van der Waals surface area contributed by atoms with Crippen LogP contribution < -0.4 is 5.32 Å². The zero-order valence-corrected chi connectivity index (χ0v) is 13.8. The molecule has 0 spiro atoms. The highest BCUT2D eigenvalue weighted by Crippen LogP contribution is 2.28. The van der Waals surface area contributed by atoms with Gasteiger partial charge >= 0.3 is 0 Å². The van der Waals surface area contributed by atoms with Gasteiger partial charge < -0.3 is 10.1 Å². The Morgan fingerprint density at radius 3 is 2.71 bits per heavy atom. The molecule has 3 heteroatoms. The Morgan fingerprint density at radius 2 is 1.90 bits per heavy atom.